The van der Waals surface area contributed by atoms with Crippen LogP contribution in [0, 0.1) is 0 Å². The van der Waals surface area contributed by atoms with Crippen molar-refractivity contribution in [3.05, 3.63) is 29.8 Å². The largest absolute Gasteiger partial charge is 0.497 e. The minimum absolute atomic E-state index is 0.206. The second-order valence-corrected chi connectivity index (χ2v) is 11.5. The molecule has 0 saturated carbocycles. The van der Waals surface area contributed by atoms with Crippen molar-refractivity contribution in [1.82, 2.24) is 0 Å². The molecule has 1 atom stereocenters. The van der Waals surface area contributed by atoms with E-state index < -0.39 is 14.4 Å². The molecule has 0 spiro atoms. The highest BCUT2D eigenvalue weighted by atomic mass is 28.4. The van der Waals surface area contributed by atoms with E-state index in [1.54, 1.807) is 7.11 Å². The van der Waals surface area contributed by atoms with Gasteiger partial charge in [0.15, 0.2) is 8.32 Å². The summed E-state index contributed by atoms with van der Waals surface area (Å²) in [6, 6.07) is 7.53. The summed E-state index contributed by atoms with van der Waals surface area (Å²) in [4.78, 5) is 0. The minimum Gasteiger partial charge on any atom is -0.497 e. The standard InChI is InChI=1S/C16H28O3Si/c1-16(2,3)20(5,6)19-12-11-15(17)13-7-9-14(18-4)10-8-13/h7-10,15,17H,11-12H2,1-6H3. The lowest BCUT2D eigenvalue weighted by Crippen LogP contribution is -2.41. The Hall–Kier alpha value is -0.843. The second kappa shape index (κ2) is 6.74. The van der Waals surface area contributed by atoms with E-state index in [-0.39, 0.29) is 5.04 Å². The Morgan fingerprint density at radius 1 is 1.15 bits per heavy atom. The van der Waals surface area contributed by atoms with Gasteiger partial charge in [0, 0.05) is 6.61 Å². The van der Waals surface area contributed by atoms with Crippen LogP contribution >= 0.6 is 0 Å². The fraction of sp³-hybridized carbons (Fsp3) is 0.625. The van der Waals surface area contributed by atoms with Gasteiger partial charge in [0.05, 0.1) is 13.2 Å². The van der Waals surface area contributed by atoms with Crippen LogP contribution in [0.15, 0.2) is 24.3 Å². The highest BCUT2D eigenvalue weighted by molar-refractivity contribution is 6.74. The van der Waals surface area contributed by atoms with Gasteiger partial charge in [-0.1, -0.05) is 32.9 Å². The molecule has 0 saturated heterocycles. The number of aliphatic hydroxyl groups is 1. The maximum atomic E-state index is 10.2. The Balaban J connectivity index is 2.49. The van der Waals surface area contributed by atoms with Crippen molar-refractivity contribution in [3.8, 4) is 5.75 Å². The van der Waals surface area contributed by atoms with Gasteiger partial charge in [-0.25, -0.2) is 0 Å². The minimum atomic E-state index is -1.72. The maximum absolute atomic E-state index is 10.2. The van der Waals surface area contributed by atoms with Crippen molar-refractivity contribution in [2.75, 3.05) is 13.7 Å². The Kier molecular flexibility index (Phi) is 5.80. The third kappa shape index (κ3) is 4.61. The van der Waals surface area contributed by atoms with Crippen LogP contribution < -0.4 is 4.74 Å². The lowest BCUT2D eigenvalue weighted by molar-refractivity contribution is 0.136. The number of rotatable bonds is 6. The summed E-state index contributed by atoms with van der Waals surface area (Å²) < 4.78 is 11.2. The van der Waals surface area contributed by atoms with Crippen molar-refractivity contribution in [2.24, 2.45) is 0 Å². The van der Waals surface area contributed by atoms with Crippen LogP contribution in [0.3, 0.4) is 0 Å². The highest BCUT2D eigenvalue weighted by Gasteiger charge is 2.36. The molecule has 1 rings (SSSR count). The van der Waals surface area contributed by atoms with Crippen LogP contribution in [0.2, 0.25) is 18.1 Å². The normalized spacial score (nSPS) is 14.2. The van der Waals surface area contributed by atoms with Crippen molar-refractivity contribution in [1.29, 1.82) is 0 Å². The molecular formula is C16H28O3Si. The second-order valence-electron chi connectivity index (χ2n) is 6.69. The first-order valence-electron chi connectivity index (χ1n) is 7.13. The van der Waals surface area contributed by atoms with Crippen LogP contribution in [0.1, 0.15) is 38.9 Å². The Morgan fingerprint density at radius 3 is 2.15 bits per heavy atom. The van der Waals surface area contributed by atoms with Crippen LogP contribution in [0.4, 0.5) is 0 Å². The van der Waals surface area contributed by atoms with Crippen LogP contribution in [0.25, 0.3) is 0 Å². The molecule has 3 nitrogen and oxygen atoms in total. The highest BCUT2D eigenvalue weighted by Crippen LogP contribution is 2.36. The van der Waals surface area contributed by atoms with E-state index >= 15 is 0 Å². The lowest BCUT2D eigenvalue weighted by Gasteiger charge is -2.36. The van der Waals surface area contributed by atoms with Gasteiger partial charge < -0.3 is 14.3 Å². The number of aliphatic hydroxyl groups excluding tert-OH is 1. The van der Waals surface area contributed by atoms with E-state index in [0.29, 0.717) is 13.0 Å². The number of methoxy groups -OCH3 is 1. The monoisotopic (exact) mass is 296 g/mol. The molecule has 0 aliphatic rings. The molecule has 1 aromatic carbocycles. The Morgan fingerprint density at radius 2 is 1.70 bits per heavy atom. The molecule has 20 heavy (non-hydrogen) atoms. The zero-order valence-corrected chi connectivity index (χ0v) is 14.6. The number of benzene rings is 1. The molecule has 1 aromatic rings. The van der Waals surface area contributed by atoms with Crippen molar-refractivity contribution in [3.63, 3.8) is 0 Å². The van der Waals surface area contributed by atoms with E-state index in [0.717, 1.165) is 11.3 Å². The fourth-order valence-corrected chi connectivity index (χ4v) is 2.70. The van der Waals surface area contributed by atoms with Crippen molar-refractivity contribution in [2.45, 2.75) is 51.4 Å². The third-order valence-corrected chi connectivity index (χ3v) is 8.70. The number of hydrogen-bond acceptors (Lipinski definition) is 3. The van der Waals surface area contributed by atoms with E-state index in [1.807, 2.05) is 24.3 Å². The maximum Gasteiger partial charge on any atom is 0.191 e. The number of ether oxygens (including phenoxy) is 1. The Labute approximate surface area is 124 Å². The van der Waals surface area contributed by atoms with Crippen LogP contribution in [-0.2, 0) is 4.43 Å². The summed E-state index contributed by atoms with van der Waals surface area (Å²) >= 11 is 0. The Bertz CT molecular complexity index is 407. The first-order valence-corrected chi connectivity index (χ1v) is 10.0. The molecule has 0 bridgehead atoms. The molecule has 0 amide bonds. The fourth-order valence-electron chi connectivity index (χ4n) is 1.63. The van der Waals surface area contributed by atoms with Crippen molar-refractivity contribution >= 4 is 8.32 Å². The molecule has 0 aliphatic heterocycles. The van der Waals surface area contributed by atoms with Gasteiger partial charge in [-0.2, -0.15) is 0 Å². The molecule has 0 aliphatic carbocycles. The topological polar surface area (TPSA) is 38.7 Å². The SMILES string of the molecule is COc1ccc(C(O)CCO[Si](C)(C)C(C)(C)C)cc1. The summed E-state index contributed by atoms with van der Waals surface area (Å²) in [5, 5.41) is 10.4. The molecule has 114 valence electrons. The summed E-state index contributed by atoms with van der Waals surface area (Å²) in [6.07, 6.45) is 0.143. The van der Waals surface area contributed by atoms with Gasteiger partial charge in [0.25, 0.3) is 0 Å². The predicted molar refractivity (Wildman–Crippen MR) is 85.7 cm³/mol. The third-order valence-electron chi connectivity index (χ3n) is 4.16. The van der Waals surface area contributed by atoms with Crippen LogP contribution in [0.5, 0.6) is 5.75 Å². The van der Waals surface area contributed by atoms with Gasteiger partial charge in [0.1, 0.15) is 5.75 Å². The first-order chi connectivity index (χ1) is 9.17. The van der Waals surface area contributed by atoms with Gasteiger partial charge in [0.2, 0.25) is 0 Å². The van der Waals surface area contributed by atoms with Crippen molar-refractivity contribution < 1.29 is 14.3 Å². The predicted octanol–water partition coefficient (Wildman–Crippen LogP) is 4.14. The number of hydrogen-bond donors (Lipinski definition) is 1. The van der Waals surface area contributed by atoms with E-state index in [9.17, 15) is 5.11 Å². The lowest BCUT2D eigenvalue weighted by atomic mass is 10.1. The summed E-state index contributed by atoms with van der Waals surface area (Å²) in [5.74, 6) is 0.804. The molecular weight excluding hydrogens is 268 g/mol. The van der Waals surface area contributed by atoms with Gasteiger partial charge in [-0.15, -0.1) is 0 Å². The average Bonchev–Trinajstić information content (AvgIpc) is 2.37. The molecule has 0 fully saturated rings. The molecule has 1 unspecified atom stereocenters. The van der Waals surface area contributed by atoms with Crippen LogP contribution in [-0.4, -0.2) is 27.1 Å². The molecule has 1 N–H and O–H groups in total. The molecule has 0 aromatic heterocycles. The summed E-state index contributed by atoms with van der Waals surface area (Å²) in [6.45, 7) is 11.7. The molecule has 0 heterocycles. The average molecular weight is 296 g/mol. The van der Waals surface area contributed by atoms with E-state index in [2.05, 4.69) is 33.9 Å². The van der Waals surface area contributed by atoms with Gasteiger partial charge in [-0.05, 0) is 42.2 Å². The van der Waals surface area contributed by atoms with Gasteiger partial charge in [-0.3, -0.25) is 0 Å². The summed E-state index contributed by atoms with van der Waals surface area (Å²) in [5.41, 5.74) is 0.907. The molecule has 0 radical (unpaired) electrons. The molecule has 4 heteroatoms. The zero-order chi connectivity index (χ0) is 15.4. The van der Waals surface area contributed by atoms with E-state index in [4.69, 9.17) is 9.16 Å². The zero-order valence-electron chi connectivity index (χ0n) is 13.6. The van der Waals surface area contributed by atoms with Gasteiger partial charge >= 0.3 is 0 Å². The first kappa shape index (κ1) is 17.2. The van der Waals surface area contributed by atoms with E-state index in [1.165, 1.54) is 0 Å². The quantitative estimate of drug-likeness (QED) is 0.802. The summed E-state index contributed by atoms with van der Waals surface area (Å²) in [7, 11) is -0.0811. The smallest absolute Gasteiger partial charge is 0.191 e.